The lowest BCUT2D eigenvalue weighted by molar-refractivity contribution is -0.327. The van der Waals surface area contributed by atoms with E-state index in [2.05, 4.69) is 11.9 Å². The molecule has 1 saturated heterocycles. The molecule has 1 fully saturated rings. The van der Waals surface area contributed by atoms with E-state index in [0.29, 0.717) is 0 Å². The third-order valence-electron chi connectivity index (χ3n) is 5.90. The van der Waals surface area contributed by atoms with Crippen LogP contribution in [0.3, 0.4) is 0 Å². The standard InChI is InChI=1S/C23H36N2O11/c1-3-12-4-6-13(7-5-12)8-24-23(34)25(2)9-14(28)17(30)21(15(29)10-26)36-22-20(33)19(32)18(31)16(11-27)35-22/h3-7,14-22,26-33H,1,8-11H2,2H3,(H,24,34)/t14-,15+,16+,17+,18-,19-,20+,21+,22-/m0/s1. The average Bonchev–Trinajstić information content (AvgIpc) is 2.89. The van der Waals surface area contributed by atoms with E-state index in [1.807, 2.05) is 24.3 Å². The SMILES string of the molecule is C=Cc1ccc(CNC(=O)N(C)C[C@H](O)[C@@H](O)[C@H](O[C@@H]2O[C@H](CO)[C@H](O)[C@H](O)[C@H]2O)[C@H](O)CO)cc1. The van der Waals surface area contributed by atoms with Crippen LogP contribution in [0.2, 0.25) is 0 Å². The van der Waals surface area contributed by atoms with Crippen molar-refractivity contribution in [1.82, 2.24) is 10.2 Å². The van der Waals surface area contributed by atoms with Crippen LogP contribution in [0.4, 0.5) is 4.79 Å². The highest BCUT2D eigenvalue weighted by Gasteiger charge is 2.46. The average molecular weight is 517 g/mol. The van der Waals surface area contributed by atoms with Crippen molar-refractivity contribution < 1.29 is 55.1 Å². The summed E-state index contributed by atoms with van der Waals surface area (Å²) in [6.07, 6.45) is -13.7. The number of aliphatic hydroxyl groups is 8. The number of ether oxygens (including phenoxy) is 2. The van der Waals surface area contributed by atoms with E-state index in [4.69, 9.17) is 9.47 Å². The molecule has 13 nitrogen and oxygen atoms in total. The summed E-state index contributed by atoms with van der Waals surface area (Å²) in [5, 5.41) is 82.5. The lowest BCUT2D eigenvalue weighted by atomic mass is 9.98. The molecule has 2 amide bonds. The van der Waals surface area contributed by atoms with Crippen molar-refractivity contribution in [3.63, 3.8) is 0 Å². The Hall–Kier alpha value is -2.17. The summed E-state index contributed by atoms with van der Waals surface area (Å²) < 4.78 is 10.6. The fraction of sp³-hybridized carbons (Fsp3) is 0.609. The smallest absolute Gasteiger partial charge is 0.317 e. The zero-order valence-electron chi connectivity index (χ0n) is 19.9. The molecule has 9 atom stereocenters. The Morgan fingerprint density at radius 1 is 1.11 bits per heavy atom. The summed E-state index contributed by atoms with van der Waals surface area (Å²) in [6.45, 7) is 1.82. The second kappa shape index (κ2) is 13.9. The van der Waals surface area contributed by atoms with Gasteiger partial charge < -0.3 is 60.5 Å². The molecule has 2 rings (SSSR count). The van der Waals surface area contributed by atoms with Gasteiger partial charge >= 0.3 is 6.03 Å². The van der Waals surface area contributed by atoms with E-state index in [1.165, 1.54) is 7.05 Å². The van der Waals surface area contributed by atoms with Gasteiger partial charge in [0.05, 0.1) is 19.8 Å². The summed E-state index contributed by atoms with van der Waals surface area (Å²) in [6, 6.07) is 6.73. The molecule has 0 bridgehead atoms. The van der Waals surface area contributed by atoms with Gasteiger partial charge in [0.1, 0.15) is 48.8 Å². The van der Waals surface area contributed by atoms with Gasteiger partial charge in [0.15, 0.2) is 6.29 Å². The molecule has 0 aliphatic carbocycles. The highest BCUT2D eigenvalue weighted by Crippen LogP contribution is 2.25. The largest absolute Gasteiger partial charge is 0.394 e. The van der Waals surface area contributed by atoms with Crippen LogP contribution in [0.25, 0.3) is 6.08 Å². The van der Waals surface area contributed by atoms with Crippen LogP contribution >= 0.6 is 0 Å². The number of rotatable bonds is 12. The predicted octanol–water partition coefficient (Wildman–Crippen LogP) is -3.27. The van der Waals surface area contributed by atoms with Crippen LogP contribution in [0.5, 0.6) is 0 Å². The predicted molar refractivity (Wildman–Crippen MR) is 125 cm³/mol. The monoisotopic (exact) mass is 516 g/mol. The third kappa shape index (κ3) is 7.66. The second-order valence-corrected chi connectivity index (χ2v) is 8.59. The Morgan fingerprint density at radius 2 is 1.75 bits per heavy atom. The fourth-order valence-electron chi connectivity index (χ4n) is 3.61. The topological polar surface area (TPSA) is 213 Å². The van der Waals surface area contributed by atoms with Gasteiger partial charge in [0.2, 0.25) is 0 Å². The summed E-state index contributed by atoms with van der Waals surface area (Å²) in [5.74, 6) is 0. The van der Waals surface area contributed by atoms with Crippen LogP contribution in [0.1, 0.15) is 11.1 Å². The molecule has 1 heterocycles. The number of carbonyl (C=O) groups excluding carboxylic acids is 1. The van der Waals surface area contributed by atoms with Gasteiger partial charge in [-0.05, 0) is 11.1 Å². The van der Waals surface area contributed by atoms with Crippen molar-refractivity contribution in [2.75, 3.05) is 26.8 Å². The van der Waals surface area contributed by atoms with Gasteiger partial charge in [-0.25, -0.2) is 4.79 Å². The number of hydrogen-bond acceptors (Lipinski definition) is 11. The van der Waals surface area contributed by atoms with E-state index >= 15 is 0 Å². The maximum absolute atomic E-state index is 12.4. The van der Waals surface area contributed by atoms with Crippen molar-refractivity contribution in [1.29, 1.82) is 0 Å². The Balaban J connectivity index is 1.99. The molecule has 0 spiro atoms. The van der Waals surface area contributed by atoms with Gasteiger partial charge in [0.25, 0.3) is 0 Å². The number of carbonyl (C=O) groups is 1. The number of hydrogen-bond donors (Lipinski definition) is 9. The van der Waals surface area contributed by atoms with Crippen LogP contribution in [0.15, 0.2) is 30.8 Å². The number of amides is 2. The maximum Gasteiger partial charge on any atom is 0.317 e. The van der Waals surface area contributed by atoms with Crippen molar-refractivity contribution in [3.8, 4) is 0 Å². The minimum absolute atomic E-state index is 0.200. The van der Waals surface area contributed by atoms with Crippen LogP contribution < -0.4 is 5.32 Å². The van der Waals surface area contributed by atoms with Crippen LogP contribution in [0, 0.1) is 0 Å². The highest BCUT2D eigenvalue weighted by atomic mass is 16.7. The first-order valence-electron chi connectivity index (χ1n) is 11.3. The Labute approximate surface area is 208 Å². The molecule has 36 heavy (non-hydrogen) atoms. The molecule has 0 radical (unpaired) electrons. The van der Waals surface area contributed by atoms with Crippen molar-refractivity contribution in [2.45, 2.75) is 61.7 Å². The molecule has 1 aromatic carbocycles. The first-order chi connectivity index (χ1) is 17.0. The first-order valence-corrected chi connectivity index (χ1v) is 11.3. The molecule has 13 heteroatoms. The summed E-state index contributed by atoms with van der Waals surface area (Å²) in [5.41, 5.74) is 1.74. The molecule has 0 saturated carbocycles. The molecule has 1 aliphatic rings. The zero-order chi connectivity index (χ0) is 27.0. The Bertz CT molecular complexity index is 825. The van der Waals surface area contributed by atoms with Gasteiger partial charge in [-0.2, -0.15) is 0 Å². The zero-order valence-corrected chi connectivity index (χ0v) is 19.9. The number of benzene rings is 1. The summed E-state index contributed by atoms with van der Waals surface area (Å²) >= 11 is 0. The molecule has 0 unspecified atom stereocenters. The van der Waals surface area contributed by atoms with Crippen LogP contribution in [-0.4, -0.2) is 134 Å². The first kappa shape index (κ1) is 30.1. The number of nitrogens with one attached hydrogen (secondary N) is 1. The van der Waals surface area contributed by atoms with Crippen molar-refractivity contribution >= 4 is 12.1 Å². The van der Waals surface area contributed by atoms with E-state index in [9.17, 15) is 45.6 Å². The molecule has 0 aromatic heterocycles. The second-order valence-electron chi connectivity index (χ2n) is 8.59. The lowest BCUT2D eigenvalue weighted by Gasteiger charge is -2.42. The minimum atomic E-state index is -1.89. The molecular weight excluding hydrogens is 480 g/mol. The van der Waals surface area contributed by atoms with Gasteiger partial charge in [0, 0.05) is 13.6 Å². The van der Waals surface area contributed by atoms with Gasteiger partial charge in [-0.15, -0.1) is 0 Å². The normalized spacial score (nSPS) is 27.5. The van der Waals surface area contributed by atoms with Gasteiger partial charge in [-0.3, -0.25) is 0 Å². The van der Waals surface area contributed by atoms with Gasteiger partial charge in [-0.1, -0.05) is 36.9 Å². The minimum Gasteiger partial charge on any atom is -0.394 e. The van der Waals surface area contributed by atoms with E-state index in [0.717, 1.165) is 16.0 Å². The fourth-order valence-corrected chi connectivity index (χ4v) is 3.61. The molecule has 9 N–H and O–H groups in total. The van der Waals surface area contributed by atoms with E-state index in [1.54, 1.807) is 6.08 Å². The van der Waals surface area contributed by atoms with Crippen molar-refractivity contribution in [2.24, 2.45) is 0 Å². The quantitative estimate of drug-likeness (QED) is 0.134. The highest BCUT2D eigenvalue weighted by molar-refractivity contribution is 5.73. The summed E-state index contributed by atoms with van der Waals surface area (Å²) in [7, 11) is 1.36. The Morgan fingerprint density at radius 3 is 2.31 bits per heavy atom. The third-order valence-corrected chi connectivity index (χ3v) is 5.90. The number of aliphatic hydroxyl groups excluding tert-OH is 8. The molecule has 1 aromatic rings. The Kier molecular flexibility index (Phi) is 11.6. The number of nitrogens with zero attached hydrogens (tertiary/aromatic N) is 1. The number of urea groups is 1. The van der Waals surface area contributed by atoms with E-state index < -0.39 is 80.9 Å². The summed E-state index contributed by atoms with van der Waals surface area (Å²) in [4.78, 5) is 13.5. The maximum atomic E-state index is 12.4. The van der Waals surface area contributed by atoms with E-state index in [-0.39, 0.29) is 6.54 Å². The molecule has 1 aliphatic heterocycles. The lowest BCUT2D eigenvalue weighted by Crippen LogP contribution is -2.61. The number of likely N-dealkylation sites (N-methyl/N-ethyl adjacent to an activating group) is 1. The van der Waals surface area contributed by atoms with Crippen molar-refractivity contribution in [3.05, 3.63) is 42.0 Å². The van der Waals surface area contributed by atoms with Crippen LogP contribution in [-0.2, 0) is 16.0 Å². The molecule has 204 valence electrons. The molecular formula is C23H36N2O11.